The highest BCUT2D eigenvalue weighted by molar-refractivity contribution is 7.35. The van der Waals surface area contributed by atoms with E-state index in [2.05, 4.69) is 20.4 Å². The van der Waals surface area contributed by atoms with E-state index in [-0.39, 0.29) is 0 Å². The van der Waals surface area contributed by atoms with Crippen LogP contribution >= 0.6 is 8.73 Å². The lowest BCUT2D eigenvalue weighted by molar-refractivity contribution is 0.471. The van der Waals surface area contributed by atoms with Crippen molar-refractivity contribution in [1.82, 2.24) is 19.5 Å². The Labute approximate surface area is 197 Å². The molecule has 8 nitrogen and oxygen atoms in total. The molecule has 0 bridgehead atoms. The van der Waals surface area contributed by atoms with Gasteiger partial charge in [0.15, 0.2) is 11.5 Å². The third kappa shape index (κ3) is 4.51. The summed E-state index contributed by atoms with van der Waals surface area (Å²) in [6.07, 6.45) is 3.28. The average molecular weight is 466 g/mol. The average Bonchev–Trinajstić information content (AvgIpc) is 3.24. The highest BCUT2D eigenvalue weighted by atomic mass is 31.1. The maximum Gasteiger partial charge on any atom is 0.166 e. The second kappa shape index (κ2) is 9.57. The summed E-state index contributed by atoms with van der Waals surface area (Å²) >= 11 is 0. The summed E-state index contributed by atoms with van der Waals surface area (Å²) < 4.78 is 13.9. The molecule has 0 radical (unpaired) electrons. The number of para-hydroxylation sites is 1. The molecule has 5 rings (SSSR count). The van der Waals surface area contributed by atoms with Crippen LogP contribution in [0.5, 0.6) is 23.0 Å². The molecule has 0 aliphatic carbocycles. The number of ether oxygens (including phenoxy) is 2. The first-order chi connectivity index (χ1) is 16.7. The van der Waals surface area contributed by atoms with E-state index in [0.29, 0.717) is 48.8 Å². The zero-order chi connectivity index (χ0) is 23.3. The minimum absolute atomic E-state index is 0.318. The van der Waals surface area contributed by atoms with Crippen LogP contribution in [0, 0.1) is 11.3 Å². The molecule has 5 aromatic rings. The Morgan fingerprint density at radius 2 is 1.59 bits per heavy atom. The molecule has 0 fully saturated rings. The number of hydrogen-bond acceptors (Lipinski definition) is 7. The van der Waals surface area contributed by atoms with Crippen LogP contribution in [0.15, 0.2) is 85.2 Å². The van der Waals surface area contributed by atoms with E-state index in [0.717, 1.165) is 11.1 Å². The van der Waals surface area contributed by atoms with Crippen molar-refractivity contribution in [2.45, 2.75) is 0 Å². The number of benzene rings is 2. The van der Waals surface area contributed by atoms with Gasteiger partial charge in [-0.2, -0.15) is 5.26 Å². The minimum atomic E-state index is 0.318. The standard InChI is InChI=1S/C25H19N6O2P/c1-34-31-25-23(24(30-31)29-17-11-13-27-18(15-17)16-26)22(12-14-28-25)33-21-9-7-20(8-10-21)32-19-5-3-2-4-6-19/h2-15,34H,1H3,(H,27,29,30). The number of nitrogens with one attached hydrogen (secondary N) is 1. The number of aromatic nitrogens is 4. The quantitative estimate of drug-likeness (QED) is 0.290. The van der Waals surface area contributed by atoms with Gasteiger partial charge in [0.2, 0.25) is 0 Å². The van der Waals surface area contributed by atoms with Gasteiger partial charge in [-0.1, -0.05) is 18.2 Å². The van der Waals surface area contributed by atoms with Gasteiger partial charge in [0.25, 0.3) is 0 Å². The molecule has 9 heteroatoms. The number of fused-ring (bicyclic) bond motifs is 1. The fourth-order valence-electron chi connectivity index (χ4n) is 3.38. The van der Waals surface area contributed by atoms with Crippen molar-refractivity contribution in [2.75, 3.05) is 12.0 Å². The van der Waals surface area contributed by atoms with Crippen LogP contribution in [-0.2, 0) is 0 Å². The Morgan fingerprint density at radius 1 is 0.882 bits per heavy atom. The lowest BCUT2D eigenvalue weighted by Crippen LogP contribution is -1.95. The summed E-state index contributed by atoms with van der Waals surface area (Å²) in [7, 11) is 0.378. The smallest absolute Gasteiger partial charge is 0.166 e. The number of anilines is 2. The molecule has 34 heavy (non-hydrogen) atoms. The predicted octanol–water partition coefficient (Wildman–Crippen LogP) is 6.10. The molecule has 0 aliphatic heterocycles. The molecular weight excluding hydrogens is 447 g/mol. The van der Waals surface area contributed by atoms with Gasteiger partial charge in [-0.05, 0) is 55.2 Å². The molecular formula is C25H19N6O2P. The number of rotatable bonds is 7. The van der Waals surface area contributed by atoms with Crippen LogP contribution in [0.2, 0.25) is 0 Å². The zero-order valence-corrected chi connectivity index (χ0v) is 19.1. The van der Waals surface area contributed by atoms with Crippen molar-refractivity contribution in [3.05, 3.63) is 90.9 Å². The third-order valence-corrected chi connectivity index (χ3v) is 5.65. The number of pyridine rings is 2. The normalized spacial score (nSPS) is 10.9. The first kappa shape index (κ1) is 21.4. The van der Waals surface area contributed by atoms with E-state index in [1.165, 1.54) is 0 Å². The second-order valence-corrected chi connectivity index (χ2v) is 8.02. The van der Waals surface area contributed by atoms with Gasteiger partial charge >= 0.3 is 0 Å². The summed E-state index contributed by atoms with van der Waals surface area (Å²) in [4.78, 5) is 8.53. The van der Waals surface area contributed by atoms with Gasteiger partial charge in [-0.25, -0.2) is 14.4 Å². The van der Waals surface area contributed by atoms with Crippen LogP contribution < -0.4 is 14.8 Å². The van der Waals surface area contributed by atoms with E-state index >= 15 is 0 Å². The molecule has 0 saturated heterocycles. The lowest BCUT2D eigenvalue weighted by Gasteiger charge is -2.10. The van der Waals surface area contributed by atoms with Gasteiger partial charge in [0, 0.05) is 32.9 Å². The van der Waals surface area contributed by atoms with Gasteiger partial charge < -0.3 is 14.8 Å². The van der Waals surface area contributed by atoms with Gasteiger partial charge in [0.05, 0.1) is 0 Å². The molecule has 3 heterocycles. The maximum atomic E-state index is 9.15. The van der Waals surface area contributed by atoms with Crippen molar-refractivity contribution < 1.29 is 9.47 Å². The first-order valence-corrected chi connectivity index (χ1v) is 11.9. The highest BCUT2D eigenvalue weighted by Crippen LogP contribution is 2.37. The molecule has 1 N–H and O–H groups in total. The number of nitrogens with zero attached hydrogens (tertiary/aromatic N) is 5. The summed E-state index contributed by atoms with van der Waals surface area (Å²) in [5.41, 5.74) is 1.73. The molecule has 2 aromatic carbocycles. The predicted molar refractivity (Wildman–Crippen MR) is 132 cm³/mol. The maximum absolute atomic E-state index is 9.15. The summed E-state index contributed by atoms with van der Waals surface area (Å²) in [6, 6.07) is 24.3. The fourth-order valence-corrected chi connectivity index (χ4v) is 3.96. The van der Waals surface area contributed by atoms with Crippen LogP contribution in [0.3, 0.4) is 0 Å². The fraction of sp³-hybridized carbons (Fsp3) is 0.0400. The van der Waals surface area contributed by atoms with E-state index in [4.69, 9.17) is 14.7 Å². The summed E-state index contributed by atoms with van der Waals surface area (Å²) in [6.45, 7) is 2.02. The molecule has 166 valence electrons. The second-order valence-electron chi connectivity index (χ2n) is 7.15. The zero-order valence-electron chi connectivity index (χ0n) is 18.1. The van der Waals surface area contributed by atoms with Crippen LogP contribution in [-0.4, -0.2) is 26.2 Å². The lowest BCUT2D eigenvalue weighted by atomic mass is 10.2. The van der Waals surface area contributed by atoms with E-state index in [1.807, 2.05) is 71.8 Å². The van der Waals surface area contributed by atoms with Crippen LogP contribution in [0.1, 0.15) is 5.69 Å². The summed E-state index contributed by atoms with van der Waals surface area (Å²) in [5.74, 6) is 3.34. The Balaban J connectivity index is 1.45. The van der Waals surface area contributed by atoms with Crippen molar-refractivity contribution in [1.29, 1.82) is 5.26 Å². The van der Waals surface area contributed by atoms with Crippen molar-refractivity contribution in [3.63, 3.8) is 0 Å². The molecule has 1 atom stereocenters. The van der Waals surface area contributed by atoms with Gasteiger partial charge in [0.1, 0.15) is 40.1 Å². The topological polar surface area (TPSA) is 97.9 Å². The summed E-state index contributed by atoms with van der Waals surface area (Å²) in [5, 5.41) is 17.9. The van der Waals surface area contributed by atoms with Crippen LogP contribution in [0.25, 0.3) is 11.0 Å². The Morgan fingerprint density at radius 3 is 2.32 bits per heavy atom. The Kier molecular flexibility index (Phi) is 6.02. The molecule has 0 spiro atoms. The van der Waals surface area contributed by atoms with Crippen LogP contribution in [0.4, 0.5) is 11.5 Å². The number of hydrogen-bond donors (Lipinski definition) is 1. The van der Waals surface area contributed by atoms with Gasteiger partial charge in [-0.3, -0.25) is 0 Å². The van der Waals surface area contributed by atoms with Crippen molar-refractivity contribution in [2.24, 2.45) is 0 Å². The number of nitriles is 1. The SMILES string of the molecule is CPn1nc(Nc2ccnc(C#N)c2)c2c(Oc3ccc(Oc4ccccc4)cc3)ccnc21. The molecule has 1 unspecified atom stereocenters. The van der Waals surface area contributed by atoms with Crippen molar-refractivity contribution >= 4 is 31.3 Å². The molecule has 3 aromatic heterocycles. The monoisotopic (exact) mass is 466 g/mol. The molecule has 0 amide bonds. The molecule has 0 saturated carbocycles. The van der Waals surface area contributed by atoms with Crippen molar-refractivity contribution in [3.8, 4) is 29.1 Å². The molecule has 0 aliphatic rings. The van der Waals surface area contributed by atoms with E-state index in [1.54, 1.807) is 30.6 Å². The third-order valence-electron chi connectivity index (χ3n) is 4.91. The Bertz CT molecular complexity index is 1480. The van der Waals surface area contributed by atoms with Gasteiger partial charge in [-0.15, -0.1) is 5.10 Å². The van der Waals surface area contributed by atoms with E-state index in [9.17, 15) is 0 Å². The minimum Gasteiger partial charge on any atom is -0.457 e. The highest BCUT2D eigenvalue weighted by Gasteiger charge is 2.17. The van der Waals surface area contributed by atoms with E-state index < -0.39 is 0 Å². The largest absolute Gasteiger partial charge is 0.457 e. The first-order valence-electron chi connectivity index (χ1n) is 10.4. The Hall–Kier alpha value is -4.47.